The van der Waals surface area contributed by atoms with Gasteiger partial charge in [-0.05, 0) is 25.4 Å². The van der Waals surface area contributed by atoms with E-state index < -0.39 is 60.8 Å². The minimum Gasteiger partial charge on any atom is -0.481 e. The van der Waals surface area contributed by atoms with Gasteiger partial charge in [-0.25, -0.2) is 4.79 Å². The van der Waals surface area contributed by atoms with Crippen molar-refractivity contribution in [3.05, 3.63) is 0 Å². The molecule has 0 spiro atoms. The normalized spacial score (nSPS) is 13.8. The maximum absolute atomic E-state index is 12.2. The zero-order chi connectivity index (χ0) is 20.3. The van der Waals surface area contributed by atoms with Crippen LogP contribution in [0.1, 0.15) is 19.8 Å². The number of rotatable bonds is 12. The molecule has 0 heterocycles. The SMILES string of the molecule is CSCCC(NC(=O)C(CC(=O)O)NC(=O)CNC(=O)C(C)N)C(=O)O. The number of hydrogen-bond acceptors (Lipinski definition) is 7. The molecule has 0 bridgehead atoms. The predicted octanol–water partition coefficient (Wildman–Crippen LogP) is -2.27. The molecule has 26 heavy (non-hydrogen) atoms. The zero-order valence-corrected chi connectivity index (χ0v) is 15.3. The van der Waals surface area contributed by atoms with Crippen molar-refractivity contribution in [3.8, 4) is 0 Å². The first kappa shape index (κ1) is 23.7. The van der Waals surface area contributed by atoms with E-state index in [1.165, 1.54) is 18.7 Å². The summed E-state index contributed by atoms with van der Waals surface area (Å²) in [5.74, 6) is -4.50. The number of nitrogens with one attached hydrogen (secondary N) is 3. The van der Waals surface area contributed by atoms with Gasteiger partial charge in [-0.1, -0.05) is 0 Å². The maximum Gasteiger partial charge on any atom is 0.326 e. The van der Waals surface area contributed by atoms with Crippen molar-refractivity contribution in [1.29, 1.82) is 0 Å². The van der Waals surface area contributed by atoms with Crippen LogP contribution in [0.25, 0.3) is 0 Å². The number of carbonyl (C=O) groups excluding carboxylic acids is 3. The molecule has 0 aliphatic carbocycles. The molecule has 3 amide bonds. The zero-order valence-electron chi connectivity index (χ0n) is 14.5. The van der Waals surface area contributed by atoms with E-state index in [0.717, 1.165) is 0 Å². The van der Waals surface area contributed by atoms with Crippen molar-refractivity contribution in [2.24, 2.45) is 5.73 Å². The van der Waals surface area contributed by atoms with Gasteiger partial charge < -0.3 is 31.9 Å². The second kappa shape index (κ2) is 12.1. The van der Waals surface area contributed by atoms with Crippen LogP contribution in [0.2, 0.25) is 0 Å². The van der Waals surface area contributed by atoms with Gasteiger partial charge in [0.05, 0.1) is 19.0 Å². The van der Waals surface area contributed by atoms with Crippen molar-refractivity contribution >= 4 is 41.4 Å². The van der Waals surface area contributed by atoms with E-state index in [4.69, 9.17) is 15.9 Å². The van der Waals surface area contributed by atoms with Crippen molar-refractivity contribution in [3.63, 3.8) is 0 Å². The molecule has 11 nitrogen and oxygen atoms in total. The van der Waals surface area contributed by atoms with E-state index in [1.807, 2.05) is 0 Å². The maximum atomic E-state index is 12.2. The molecule has 0 aromatic carbocycles. The highest BCUT2D eigenvalue weighted by Gasteiger charge is 2.28. The summed E-state index contributed by atoms with van der Waals surface area (Å²) in [5, 5.41) is 24.6. The second-order valence-electron chi connectivity index (χ2n) is 5.41. The average molecular weight is 392 g/mol. The molecule has 0 aromatic heterocycles. The Balaban J connectivity index is 4.86. The van der Waals surface area contributed by atoms with Crippen molar-refractivity contribution < 1.29 is 34.2 Å². The van der Waals surface area contributed by atoms with Crippen LogP contribution in [-0.2, 0) is 24.0 Å². The molecule has 148 valence electrons. The Morgan fingerprint density at radius 2 is 1.65 bits per heavy atom. The molecule has 0 radical (unpaired) electrons. The Morgan fingerprint density at radius 1 is 1.04 bits per heavy atom. The van der Waals surface area contributed by atoms with Crippen LogP contribution in [0.4, 0.5) is 0 Å². The summed E-state index contributed by atoms with van der Waals surface area (Å²) in [7, 11) is 0. The number of carboxylic acids is 2. The van der Waals surface area contributed by atoms with Gasteiger partial charge in [0, 0.05) is 0 Å². The van der Waals surface area contributed by atoms with E-state index in [9.17, 15) is 24.0 Å². The fourth-order valence-corrected chi connectivity index (χ4v) is 2.19. The van der Waals surface area contributed by atoms with Crippen molar-refractivity contribution in [2.45, 2.75) is 37.9 Å². The van der Waals surface area contributed by atoms with Gasteiger partial charge in [0.15, 0.2) is 0 Å². The summed E-state index contributed by atoms with van der Waals surface area (Å²) >= 11 is 1.39. The lowest BCUT2D eigenvalue weighted by Crippen LogP contribution is -2.54. The van der Waals surface area contributed by atoms with Gasteiger partial charge in [-0.15, -0.1) is 0 Å². The van der Waals surface area contributed by atoms with Crippen LogP contribution in [0.15, 0.2) is 0 Å². The molecular formula is C14H24N4O7S. The Labute approximate surface area is 154 Å². The van der Waals surface area contributed by atoms with Crippen LogP contribution in [0.5, 0.6) is 0 Å². The topological polar surface area (TPSA) is 188 Å². The average Bonchev–Trinajstić information content (AvgIpc) is 2.54. The first-order valence-corrected chi connectivity index (χ1v) is 9.04. The van der Waals surface area contributed by atoms with E-state index in [-0.39, 0.29) is 6.42 Å². The molecule has 0 aromatic rings. The van der Waals surface area contributed by atoms with E-state index in [1.54, 1.807) is 6.26 Å². The van der Waals surface area contributed by atoms with Gasteiger partial charge in [0.2, 0.25) is 17.7 Å². The summed E-state index contributed by atoms with van der Waals surface area (Å²) in [4.78, 5) is 57.3. The Bertz CT molecular complexity index is 541. The molecule has 3 atom stereocenters. The highest BCUT2D eigenvalue weighted by atomic mass is 32.2. The third-order valence-electron chi connectivity index (χ3n) is 3.09. The number of thioether (sulfide) groups is 1. The lowest BCUT2D eigenvalue weighted by molar-refractivity contribution is -0.143. The first-order valence-electron chi connectivity index (χ1n) is 7.65. The number of amides is 3. The molecule has 0 aliphatic heterocycles. The number of carboxylic acid groups (broad SMARTS) is 2. The quantitative estimate of drug-likeness (QED) is 0.213. The molecular weight excluding hydrogens is 368 g/mol. The Hall–Kier alpha value is -2.34. The third-order valence-corrected chi connectivity index (χ3v) is 3.74. The lowest BCUT2D eigenvalue weighted by atomic mass is 10.1. The van der Waals surface area contributed by atoms with Gasteiger partial charge in [0.25, 0.3) is 0 Å². The summed E-state index contributed by atoms with van der Waals surface area (Å²) in [5.41, 5.74) is 5.32. The van der Waals surface area contributed by atoms with E-state index in [2.05, 4.69) is 16.0 Å². The van der Waals surface area contributed by atoms with Crippen LogP contribution >= 0.6 is 11.8 Å². The highest BCUT2D eigenvalue weighted by molar-refractivity contribution is 7.98. The van der Waals surface area contributed by atoms with Crippen LogP contribution in [0, 0.1) is 0 Å². The smallest absolute Gasteiger partial charge is 0.326 e. The number of hydrogen-bond donors (Lipinski definition) is 6. The van der Waals surface area contributed by atoms with Crippen LogP contribution in [0.3, 0.4) is 0 Å². The van der Waals surface area contributed by atoms with Gasteiger partial charge in [0.1, 0.15) is 12.1 Å². The first-order chi connectivity index (χ1) is 12.1. The molecule has 12 heteroatoms. The Morgan fingerprint density at radius 3 is 2.12 bits per heavy atom. The number of aliphatic carboxylic acids is 2. The molecule has 0 rings (SSSR count). The summed E-state index contributed by atoms with van der Waals surface area (Å²) < 4.78 is 0. The summed E-state index contributed by atoms with van der Waals surface area (Å²) in [6.45, 7) is 0.910. The van der Waals surface area contributed by atoms with Gasteiger partial charge in [-0.3, -0.25) is 19.2 Å². The van der Waals surface area contributed by atoms with Crippen molar-refractivity contribution in [2.75, 3.05) is 18.6 Å². The monoisotopic (exact) mass is 392 g/mol. The molecule has 0 saturated carbocycles. The molecule has 0 aliphatic rings. The van der Waals surface area contributed by atoms with E-state index in [0.29, 0.717) is 5.75 Å². The molecule has 7 N–H and O–H groups in total. The van der Waals surface area contributed by atoms with Crippen molar-refractivity contribution in [1.82, 2.24) is 16.0 Å². The molecule has 0 saturated heterocycles. The fraction of sp³-hybridized carbons (Fsp3) is 0.643. The summed E-state index contributed by atoms with van der Waals surface area (Å²) in [6.07, 6.45) is 1.17. The summed E-state index contributed by atoms with van der Waals surface area (Å²) in [6, 6.07) is -3.53. The fourth-order valence-electron chi connectivity index (χ4n) is 1.72. The minimum atomic E-state index is -1.48. The Kier molecular flexibility index (Phi) is 11.0. The third kappa shape index (κ3) is 9.84. The predicted molar refractivity (Wildman–Crippen MR) is 93.4 cm³/mol. The number of nitrogens with two attached hydrogens (primary N) is 1. The second-order valence-corrected chi connectivity index (χ2v) is 6.39. The van der Waals surface area contributed by atoms with Crippen LogP contribution in [-0.4, -0.2) is 76.6 Å². The van der Waals surface area contributed by atoms with Gasteiger partial charge in [-0.2, -0.15) is 11.8 Å². The van der Waals surface area contributed by atoms with E-state index >= 15 is 0 Å². The minimum absolute atomic E-state index is 0.139. The molecule has 0 fully saturated rings. The largest absolute Gasteiger partial charge is 0.481 e. The molecule has 3 unspecified atom stereocenters. The lowest BCUT2D eigenvalue weighted by Gasteiger charge is -2.20. The van der Waals surface area contributed by atoms with Crippen LogP contribution < -0.4 is 21.7 Å². The standard InChI is InChI=1S/C14H24N4O7S/c1-7(15)12(22)16-6-10(19)17-9(5-11(20)21)13(23)18-8(14(24)25)3-4-26-2/h7-9H,3-6,15H2,1-2H3,(H,16,22)(H,17,19)(H,18,23)(H,20,21)(H,24,25). The number of carbonyl (C=O) groups is 5. The van der Waals surface area contributed by atoms with Gasteiger partial charge >= 0.3 is 11.9 Å². The highest BCUT2D eigenvalue weighted by Crippen LogP contribution is 2.03.